The molecule has 0 aliphatic carbocycles. The maximum atomic E-state index is 5.63. The lowest BCUT2D eigenvalue weighted by molar-refractivity contribution is 0.156. The molecule has 0 radical (unpaired) electrons. The van der Waals surface area contributed by atoms with E-state index in [0.29, 0.717) is 5.41 Å². The minimum absolute atomic E-state index is 0.367. The molecule has 2 aliphatic heterocycles. The van der Waals surface area contributed by atoms with Crippen molar-refractivity contribution in [3.05, 3.63) is 27.4 Å². The lowest BCUT2D eigenvalue weighted by atomic mass is 9.87. The Morgan fingerprint density at radius 3 is 3.08 bits per heavy atom. The Morgan fingerprint density at radius 1 is 1.42 bits per heavy atom. The molecular weight excluding hydrogens is 364 g/mol. The predicted octanol–water partition coefficient (Wildman–Crippen LogP) is 3.41. The summed E-state index contributed by atoms with van der Waals surface area (Å²) in [6.45, 7) is 6.93. The second-order valence-corrected chi connectivity index (χ2v) is 9.45. The SMILES string of the molecule is CN=C(NCCc1ccc(-c2csc(C)n2)s1)N1CCC2(CCOC2)C1. The maximum absolute atomic E-state index is 5.63. The van der Waals surface area contributed by atoms with E-state index in [-0.39, 0.29) is 0 Å². The van der Waals surface area contributed by atoms with Gasteiger partial charge in [0.25, 0.3) is 0 Å². The van der Waals surface area contributed by atoms with Crippen LogP contribution in [0.3, 0.4) is 0 Å². The zero-order valence-electron chi connectivity index (χ0n) is 15.5. The largest absolute Gasteiger partial charge is 0.381 e. The highest BCUT2D eigenvalue weighted by molar-refractivity contribution is 7.16. The molecule has 4 heterocycles. The molecule has 5 nitrogen and oxygen atoms in total. The van der Waals surface area contributed by atoms with Crippen molar-refractivity contribution in [2.75, 3.05) is 39.9 Å². The fourth-order valence-corrected chi connectivity index (χ4v) is 5.50. The average Bonchev–Trinajstić information content (AvgIpc) is 3.41. The Kier molecular flexibility index (Phi) is 5.29. The third-order valence-corrected chi connectivity index (χ3v) is 7.26. The predicted molar refractivity (Wildman–Crippen MR) is 109 cm³/mol. The molecule has 0 saturated carbocycles. The van der Waals surface area contributed by atoms with Crippen molar-refractivity contribution in [1.82, 2.24) is 15.2 Å². The van der Waals surface area contributed by atoms with E-state index in [1.165, 1.54) is 22.6 Å². The van der Waals surface area contributed by atoms with Crippen molar-refractivity contribution in [2.45, 2.75) is 26.2 Å². The van der Waals surface area contributed by atoms with E-state index in [4.69, 9.17) is 4.74 Å². The van der Waals surface area contributed by atoms with Gasteiger partial charge in [-0.2, -0.15) is 0 Å². The number of thiazole rings is 1. The van der Waals surface area contributed by atoms with Gasteiger partial charge < -0.3 is 15.0 Å². The standard InChI is InChI=1S/C19H26N4OS2/c1-14-22-16(11-25-14)17-4-3-15(26-17)5-8-21-18(20-2)23-9-6-19(12-23)7-10-24-13-19/h3-4,11H,5-10,12-13H2,1-2H3,(H,20,21). The first-order chi connectivity index (χ1) is 12.7. The number of rotatable bonds is 4. The van der Waals surface area contributed by atoms with Gasteiger partial charge in [0.2, 0.25) is 0 Å². The second-order valence-electron chi connectivity index (χ2n) is 7.22. The highest BCUT2D eigenvalue weighted by atomic mass is 32.1. The van der Waals surface area contributed by atoms with Gasteiger partial charge in [-0.25, -0.2) is 4.98 Å². The molecule has 2 aliphatic rings. The van der Waals surface area contributed by atoms with Crippen LogP contribution in [-0.4, -0.2) is 55.7 Å². The Bertz CT molecular complexity index is 776. The van der Waals surface area contributed by atoms with Crippen LogP contribution in [-0.2, 0) is 11.2 Å². The molecule has 26 heavy (non-hydrogen) atoms. The third kappa shape index (κ3) is 3.80. The summed E-state index contributed by atoms with van der Waals surface area (Å²) in [7, 11) is 1.88. The summed E-state index contributed by atoms with van der Waals surface area (Å²) in [5.41, 5.74) is 1.47. The number of aromatic nitrogens is 1. The lowest BCUT2D eigenvalue weighted by Crippen LogP contribution is -2.42. The van der Waals surface area contributed by atoms with Crippen LogP contribution in [0.15, 0.2) is 22.5 Å². The van der Waals surface area contributed by atoms with E-state index in [2.05, 4.69) is 44.6 Å². The minimum Gasteiger partial charge on any atom is -0.381 e. The number of aryl methyl sites for hydroxylation is 1. The van der Waals surface area contributed by atoms with E-state index >= 15 is 0 Å². The quantitative estimate of drug-likeness (QED) is 0.642. The van der Waals surface area contributed by atoms with Crippen LogP contribution in [0.2, 0.25) is 0 Å². The summed E-state index contributed by atoms with van der Waals surface area (Å²) in [4.78, 5) is 14.1. The van der Waals surface area contributed by atoms with E-state index in [1.54, 1.807) is 11.3 Å². The number of ether oxygens (including phenoxy) is 1. The van der Waals surface area contributed by atoms with Gasteiger partial charge in [-0.1, -0.05) is 0 Å². The summed E-state index contributed by atoms with van der Waals surface area (Å²) in [6, 6.07) is 4.41. The molecule has 2 fully saturated rings. The molecule has 2 saturated heterocycles. The van der Waals surface area contributed by atoms with Gasteiger partial charge in [0.1, 0.15) is 0 Å². The molecule has 140 valence electrons. The van der Waals surface area contributed by atoms with Gasteiger partial charge in [0.15, 0.2) is 5.96 Å². The number of nitrogens with one attached hydrogen (secondary N) is 1. The maximum Gasteiger partial charge on any atom is 0.193 e. The van der Waals surface area contributed by atoms with E-state index in [9.17, 15) is 0 Å². The van der Waals surface area contributed by atoms with Crippen molar-refractivity contribution in [3.8, 4) is 10.6 Å². The van der Waals surface area contributed by atoms with E-state index in [0.717, 1.165) is 55.9 Å². The normalized spacial score (nSPS) is 23.3. The van der Waals surface area contributed by atoms with Crippen molar-refractivity contribution >= 4 is 28.6 Å². The fourth-order valence-electron chi connectivity index (χ4n) is 3.84. The van der Waals surface area contributed by atoms with Crippen LogP contribution in [0, 0.1) is 12.3 Å². The summed E-state index contributed by atoms with van der Waals surface area (Å²) in [5.74, 6) is 1.03. The smallest absolute Gasteiger partial charge is 0.193 e. The van der Waals surface area contributed by atoms with Crippen LogP contribution < -0.4 is 5.32 Å². The third-order valence-electron chi connectivity index (χ3n) is 5.32. The number of thiophene rings is 1. The lowest BCUT2D eigenvalue weighted by Gasteiger charge is -2.24. The Labute approximate surface area is 163 Å². The van der Waals surface area contributed by atoms with Crippen LogP contribution in [0.5, 0.6) is 0 Å². The van der Waals surface area contributed by atoms with Crippen LogP contribution >= 0.6 is 22.7 Å². The molecule has 0 bridgehead atoms. The molecule has 1 spiro atoms. The summed E-state index contributed by atoms with van der Waals surface area (Å²) < 4.78 is 5.63. The molecule has 0 aromatic carbocycles. The van der Waals surface area contributed by atoms with Crippen LogP contribution in [0.1, 0.15) is 22.7 Å². The summed E-state index contributed by atoms with van der Waals surface area (Å²) >= 11 is 3.55. The molecule has 0 amide bonds. The van der Waals surface area contributed by atoms with Crippen molar-refractivity contribution in [1.29, 1.82) is 0 Å². The Morgan fingerprint density at radius 2 is 2.35 bits per heavy atom. The molecule has 1 N–H and O–H groups in total. The molecule has 1 atom stereocenters. The minimum atomic E-state index is 0.367. The summed E-state index contributed by atoms with van der Waals surface area (Å²) in [5, 5.41) is 6.81. The second kappa shape index (κ2) is 7.66. The fraction of sp³-hybridized carbons (Fsp3) is 0.579. The van der Waals surface area contributed by atoms with Crippen LogP contribution in [0.4, 0.5) is 0 Å². The van der Waals surface area contributed by atoms with Gasteiger partial charge in [-0.05, 0) is 38.3 Å². The molecule has 4 rings (SSSR count). The van der Waals surface area contributed by atoms with Crippen molar-refractivity contribution < 1.29 is 4.74 Å². The van der Waals surface area contributed by atoms with Gasteiger partial charge in [-0.3, -0.25) is 4.99 Å². The number of nitrogens with zero attached hydrogens (tertiary/aromatic N) is 3. The highest BCUT2D eigenvalue weighted by Crippen LogP contribution is 2.38. The molecule has 2 aromatic rings. The molecule has 2 aromatic heterocycles. The van der Waals surface area contributed by atoms with Gasteiger partial charge in [-0.15, -0.1) is 22.7 Å². The monoisotopic (exact) mass is 390 g/mol. The first kappa shape index (κ1) is 17.9. The average molecular weight is 391 g/mol. The first-order valence-electron chi connectivity index (χ1n) is 9.22. The van der Waals surface area contributed by atoms with E-state index in [1.807, 2.05) is 18.4 Å². The number of hydrogen-bond acceptors (Lipinski definition) is 5. The number of likely N-dealkylation sites (tertiary alicyclic amines) is 1. The van der Waals surface area contributed by atoms with Crippen LogP contribution in [0.25, 0.3) is 10.6 Å². The van der Waals surface area contributed by atoms with Crippen molar-refractivity contribution in [3.63, 3.8) is 0 Å². The van der Waals surface area contributed by atoms with Crippen molar-refractivity contribution in [2.24, 2.45) is 10.4 Å². The number of aliphatic imine (C=N–C) groups is 1. The number of hydrogen-bond donors (Lipinski definition) is 1. The first-order valence-corrected chi connectivity index (χ1v) is 10.9. The zero-order valence-corrected chi connectivity index (χ0v) is 17.1. The molecule has 1 unspecified atom stereocenters. The van der Waals surface area contributed by atoms with E-state index < -0.39 is 0 Å². The molecular formula is C19H26N4OS2. The zero-order chi connectivity index (χ0) is 18.0. The van der Waals surface area contributed by atoms with Gasteiger partial charge >= 0.3 is 0 Å². The summed E-state index contributed by atoms with van der Waals surface area (Å²) in [6.07, 6.45) is 3.42. The highest BCUT2D eigenvalue weighted by Gasteiger charge is 2.42. The van der Waals surface area contributed by atoms with Gasteiger partial charge in [0.05, 0.1) is 22.2 Å². The Balaban J connectivity index is 1.29. The topological polar surface area (TPSA) is 49.8 Å². The van der Waals surface area contributed by atoms with Gasteiger partial charge in [0, 0.05) is 49.0 Å². The number of guanidine groups is 1. The Hall–Kier alpha value is -1.44. The molecule has 7 heteroatoms.